The van der Waals surface area contributed by atoms with Crippen molar-refractivity contribution in [3.8, 4) is 0 Å². The summed E-state index contributed by atoms with van der Waals surface area (Å²) < 4.78 is 0. The summed E-state index contributed by atoms with van der Waals surface area (Å²) in [7, 11) is 0. The highest BCUT2D eigenvalue weighted by atomic mass is 35.5. The van der Waals surface area contributed by atoms with E-state index in [1.807, 2.05) is 0 Å². The number of benzene rings is 1. The molecule has 2 N–H and O–H groups in total. The first-order chi connectivity index (χ1) is 8.04. The number of carbonyl (C=O) groups is 1. The van der Waals surface area contributed by atoms with E-state index in [2.05, 4.69) is 5.32 Å². The van der Waals surface area contributed by atoms with Gasteiger partial charge in [-0.15, -0.1) is 0 Å². The van der Waals surface area contributed by atoms with Crippen LogP contribution < -0.4 is 5.32 Å². The van der Waals surface area contributed by atoms with Crippen molar-refractivity contribution in [3.05, 3.63) is 39.9 Å². The fourth-order valence-corrected chi connectivity index (χ4v) is 1.69. The van der Waals surface area contributed by atoms with Gasteiger partial charge in [0.25, 0.3) is 0 Å². The van der Waals surface area contributed by atoms with Crippen molar-refractivity contribution in [3.63, 3.8) is 0 Å². The number of nitrogens with one attached hydrogen (secondary N) is 1. The van der Waals surface area contributed by atoms with Gasteiger partial charge in [-0.1, -0.05) is 29.3 Å². The fourth-order valence-electron chi connectivity index (χ4n) is 1.17. The molecule has 17 heavy (non-hydrogen) atoms. The molecule has 0 bridgehead atoms. The Morgan fingerprint density at radius 3 is 2.59 bits per heavy atom. The van der Waals surface area contributed by atoms with Crippen LogP contribution in [0.2, 0.25) is 10.0 Å². The Bertz CT molecular complexity index is 412. The molecule has 0 saturated carbocycles. The molecule has 3 nitrogen and oxygen atoms in total. The van der Waals surface area contributed by atoms with Crippen LogP contribution in [0.1, 0.15) is 12.5 Å². The lowest BCUT2D eigenvalue weighted by Gasteiger charge is -2.08. The maximum Gasteiger partial charge on any atom is 0.244 e. The number of rotatable bonds is 4. The Hall–Kier alpha value is -1.03. The molecule has 0 aliphatic carbocycles. The molecule has 0 radical (unpaired) electrons. The molecule has 0 aromatic heterocycles. The molecule has 1 atom stereocenters. The van der Waals surface area contributed by atoms with Crippen LogP contribution in [-0.4, -0.2) is 23.7 Å². The molecule has 0 aliphatic rings. The second-order valence-corrected chi connectivity index (χ2v) is 4.38. The first-order valence-electron chi connectivity index (χ1n) is 5.08. The summed E-state index contributed by atoms with van der Waals surface area (Å²) in [6, 6.07) is 4.84. The lowest BCUT2D eigenvalue weighted by atomic mass is 10.2. The van der Waals surface area contributed by atoms with Crippen molar-refractivity contribution < 1.29 is 9.90 Å². The Morgan fingerprint density at radius 1 is 1.47 bits per heavy atom. The molecule has 0 spiro atoms. The monoisotopic (exact) mass is 273 g/mol. The zero-order valence-corrected chi connectivity index (χ0v) is 10.8. The van der Waals surface area contributed by atoms with Crippen molar-refractivity contribution in [2.45, 2.75) is 13.0 Å². The van der Waals surface area contributed by atoms with Crippen molar-refractivity contribution in [2.24, 2.45) is 0 Å². The molecule has 0 fully saturated rings. The third-order valence-corrected chi connectivity index (χ3v) is 2.72. The Labute approximate surface area is 110 Å². The van der Waals surface area contributed by atoms with Gasteiger partial charge in [0.15, 0.2) is 0 Å². The number of amides is 1. The quantitative estimate of drug-likeness (QED) is 0.829. The maximum atomic E-state index is 11.4. The molecule has 0 unspecified atom stereocenters. The normalized spacial score (nSPS) is 12.7. The minimum atomic E-state index is -0.303. The molecule has 1 aromatic rings. The van der Waals surface area contributed by atoms with Gasteiger partial charge in [-0.05, 0) is 25.1 Å². The van der Waals surface area contributed by atoms with Gasteiger partial charge in [-0.3, -0.25) is 4.79 Å². The minimum absolute atomic E-state index is 0.105. The van der Waals surface area contributed by atoms with E-state index in [4.69, 9.17) is 28.3 Å². The van der Waals surface area contributed by atoms with Gasteiger partial charge < -0.3 is 10.4 Å². The first-order valence-corrected chi connectivity index (χ1v) is 5.83. The molecule has 92 valence electrons. The molecule has 1 aromatic carbocycles. The third kappa shape index (κ3) is 4.38. The highest BCUT2D eigenvalue weighted by Gasteiger charge is 2.04. The van der Waals surface area contributed by atoms with Crippen LogP contribution in [0.25, 0.3) is 6.08 Å². The summed E-state index contributed by atoms with van der Waals surface area (Å²) in [6.07, 6.45) is 2.88. The predicted octanol–water partition coefficient (Wildman–Crippen LogP) is 2.50. The van der Waals surface area contributed by atoms with Crippen molar-refractivity contribution in [2.75, 3.05) is 6.61 Å². The molecular weight excluding hydrogens is 261 g/mol. The van der Waals surface area contributed by atoms with E-state index in [0.717, 1.165) is 0 Å². The summed E-state index contributed by atoms with van der Waals surface area (Å²) in [4.78, 5) is 11.4. The van der Waals surface area contributed by atoms with E-state index in [1.165, 1.54) is 6.08 Å². The molecule has 1 rings (SSSR count). The van der Waals surface area contributed by atoms with Crippen LogP contribution in [0.5, 0.6) is 0 Å². The minimum Gasteiger partial charge on any atom is -0.394 e. The number of halogens is 2. The topological polar surface area (TPSA) is 49.3 Å². The van der Waals surface area contributed by atoms with Gasteiger partial charge in [-0.25, -0.2) is 0 Å². The van der Waals surface area contributed by atoms with E-state index in [0.29, 0.717) is 15.6 Å². The SMILES string of the molecule is C[C@H](CO)NC(=O)C=Cc1c(Cl)cccc1Cl. The van der Waals surface area contributed by atoms with E-state index in [-0.39, 0.29) is 18.6 Å². The van der Waals surface area contributed by atoms with E-state index in [9.17, 15) is 4.79 Å². The summed E-state index contributed by atoms with van der Waals surface area (Å²) in [5.41, 5.74) is 0.600. The lowest BCUT2D eigenvalue weighted by molar-refractivity contribution is -0.117. The predicted molar refractivity (Wildman–Crippen MR) is 70.2 cm³/mol. The lowest BCUT2D eigenvalue weighted by Crippen LogP contribution is -2.33. The van der Waals surface area contributed by atoms with Crippen LogP contribution in [0.3, 0.4) is 0 Å². The van der Waals surface area contributed by atoms with Gasteiger partial charge in [-0.2, -0.15) is 0 Å². The third-order valence-electron chi connectivity index (χ3n) is 2.06. The molecule has 1 amide bonds. The molecule has 0 heterocycles. The van der Waals surface area contributed by atoms with E-state index < -0.39 is 0 Å². The van der Waals surface area contributed by atoms with Crippen LogP contribution >= 0.6 is 23.2 Å². The summed E-state index contributed by atoms with van der Waals surface area (Å²) in [6.45, 7) is 1.60. The average molecular weight is 274 g/mol. The van der Waals surface area contributed by atoms with Crippen LogP contribution in [0.4, 0.5) is 0 Å². The molecule has 0 aliphatic heterocycles. The maximum absolute atomic E-state index is 11.4. The smallest absolute Gasteiger partial charge is 0.244 e. The standard InChI is InChI=1S/C12H13Cl2NO2/c1-8(7-16)15-12(17)6-5-9-10(13)3-2-4-11(9)14/h2-6,8,16H,7H2,1H3,(H,15,17)/t8-/m1/s1. The number of aliphatic hydroxyl groups excluding tert-OH is 1. The van der Waals surface area contributed by atoms with Crippen LogP contribution in [-0.2, 0) is 4.79 Å². The largest absolute Gasteiger partial charge is 0.394 e. The van der Waals surface area contributed by atoms with Crippen molar-refractivity contribution in [1.29, 1.82) is 0 Å². The van der Waals surface area contributed by atoms with Gasteiger partial charge in [0.2, 0.25) is 5.91 Å². The second-order valence-electron chi connectivity index (χ2n) is 3.56. The fraction of sp³-hybridized carbons (Fsp3) is 0.250. The first kappa shape index (κ1) is 14.0. The van der Waals surface area contributed by atoms with Gasteiger partial charge in [0.1, 0.15) is 0 Å². The molecule has 0 saturated heterocycles. The summed E-state index contributed by atoms with van der Waals surface area (Å²) >= 11 is 11.9. The number of hydrogen-bond acceptors (Lipinski definition) is 2. The van der Waals surface area contributed by atoms with Gasteiger partial charge in [0.05, 0.1) is 6.61 Å². The second kappa shape index (κ2) is 6.64. The van der Waals surface area contributed by atoms with E-state index >= 15 is 0 Å². The van der Waals surface area contributed by atoms with Crippen molar-refractivity contribution >= 4 is 35.2 Å². The van der Waals surface area contributed by atoms with E-state index in [1.54, 1.807) is 31.2 Å². The molecular formula is C12H13Cl2NO2. The van der Waals surface area contributed by atoms with Gasteiger partial charge in [0, 0.05) is 27.7 Å². The van der Waals surface area contributed by atoms with Crippen LogP contribution in [0, 0.1) is 0 Å². The number of aliphatic hydroxyl groups is 1. The zero-order chi connectivity index (χ0) is 12.8. The summed E-state index contributed by atoms with van der Waals surface area (Å²) in [5.74, 6) is -0.303. The number of hydrogen-bond donors (Lipinski definition) is 2. The molecule has 5 heteroatoms. The summed E-state index contributed by atoms with van der Waals surface area (Å²) in [5, 5.41) is 12.3. The highest BCUT2D eigenvalue weighted by Crippen LogP contribution is 2.25. The van der Waals surface area contributed by atoms with Crippen LogP contribution in [0.15, 0.2) is 24.3 Å². The average Bonchev–Trinajstić information content (AvgIpc) is 2.28. The Balaban J connectivity index is 2.74. The van der Waals surface area contributed by atoms with Crippen molar-refractivity contribution in [1.82, 2.24) is 5.32 Å². The Kier molecular flexibility index (Phi) is 5.48. The Morgan fingerprint density at radius 2 is 2.06 bits per heavy atom. The van der Waals surface area contributed by atoms with Gasteiger partial charge >= 0.3 is 0 Å². The number of carbonyl (C=O) groups excluding carboxylic acids is 1. The zero-order valence-electron chi connectivity index (χ0n) is 9.28. The highest BCUT2D eigenvalue weighted by molar-refractivity contribution is 6.37.